The Kier molecular flexibility index (Phi) is 3.66. The van der Waals surface area contributed by atoms with Crippen LogP contribution in [0.15, 0.2) is 24.8 Å². The Balaban J connectivity index is 3.32. The first-order chi connectivity index (χ1) is 6.07. The maximum absolute atomic E-state index is 5.97. The van der Waals surface area contributed by atoms with Gasteiger partial charge >= 0.3 is 0 Å². The summed E-state index contributed by atoms with van der Waals surface area (Å²) in [5.74, 6) is -0.140. The first-order valence-corrected chi connectivity index (χ1v) is 4.80. The summed E-state index contributed by atoms with van der Waals surface area (Å²) in [5, 5.41) is 1.50. The molecule has 1 atom stereocenters. The second-order valence-electron chi connectivity index (χ2n) is 2.60. The smallest absolute Gasteiger partial charge is 0.0645 e. The molecule has 1 radical (unpaired) electrons. The Morgan fingerprint density at radius 3 is 2.23 bits per heavy atom. The van der Waals surface area contributed by atoms with Gasteiger partial charge in [0.05, 0.1) is 10.0 Å². The Morgan fingerprint density at radius 1 is 1.15 bits per heavy atom. The van der Waals surface area contributed by atoms with Crippen LogP contribution in [0.4, 0.5) is 0 Å². The average molecular weight is 235 g/mol. The van der Waals surface area contributed by atoms with E-state index in [1.54, 1.807) is 18.2 Å². The lowest BCUT2D eigenvalue weighted by Gasteiger charge is -2.11. The molecule has 69 valence electrons. The van der Waals surface area contributed by atoms with Gasteiger partial charge in [0, 0.05) is 10.9 Å². The summed E-state index contributed by atoms with van der Waals surface area (Å²) < 4.78 is 0. The van der Waals surface area contributed by atoms with E-state index in [-0.39, 0.29) is 5.92 Å². The molecule has 0 saturated carbocycles. The number of hydrogen-bond donors (Lipinski definition) is 0. The van der Waals surface area contributed by atoms with Crippen LogP contribution in [0.1, 0.15) is 11.5 Å². The van der Waals surface area contributed by atoms with Crippen LogP contribution in [0.3, 0.4) is 0 Å². The second kappa shape index (κ2) is 4.36. The Hall–Kier alpha value is -0.170. The van der Waals surface area contributed by atoms with Crippen LogP contribution >= 0.6 is 34.8 Å². The molecule has 0 amide bonds. The zero-order valence-corrected chi connectivity index (χ0v) is 9.13. The monoisotopic (exact) mass is 233 g/mol. The van der Waals surface area contributed by atoms with Gasteiger partial charge in [0.15, 0.2) is 0 Å². The Morgan fingerprint density at radius 2 is 1.69 bits per heavy atom. The van der Waals surface area contributed by atoms with Gasteiger partial charge < -0.3 is 0 Å². The summed E-state index contributed by atoms with van der Waals surface area (Å²) >= 11 is 17.7. The first kappa shape index (κ1) is 10.9. The van der Waals surface area contributed by atoms with E-state index in [0.717, 1.165) is 5.56 Å². The van der Waals surface area contributed by atoms with Gasteiger partial charge in [0.1, 0.15) is 0 Å². The van der Waals surface area contributed by atoms with Crippen LogP contribution in [0.5, 0.6) is 0 Å². The average Bonchev–Trinajstić information content (AvgIpc) is 2.12. The highest BCUT2D eigenvalue weighted by molar-refractivity contribution is 6.44. The normalized spacial score (nSPS) is 12.6. The van der Waals surface area contributed by atoms with Gasteiger partial charge in [-0.1, -0.05) is 40.9 Å². The number of allylic oxidation sites excluding steroid dienone is 1. The highest BCUT2D eigenvalue weighted by atomic mass is 35.5. The molecule has 0 fully saturated rings. The third kappa shape index (κ3) is 2.19. The predicted octanol–water partition coefficient (Wildman–Crippen LogP) is 4.75. The van der Waals surface area contributed by atoms with Crippen molar-refractivity contribution in [3.8, 4) is 0 Å². The minimum atomic E-state index is -0.140. The highest BCUT2D eigenvalue weighted by Crippen LogP contribution is 2.36. The van der Waals surface area contributed by atoms with Crippen molar-refractivity contribution in [2.45, 2.75) is 5.92 Å². The largest absolute Gasteiger partial charge is 0.102 e. The summed E-state index contributed by atoms with van der Waals surface area (Å²) in [5.41, 5.74) is 0.728. The van der Waals surface area contributed by atoms with E-state index in [1.807, 2.05) is 0 Å². The molecule has 1 aromatic rings. The molecule has 0 bridgehead atoms. The summed E-state index contributed by atoms with van der Waals surface area (Å²) in [6.45, 7) is 7.47. The van der Waals surface area contributed by atoms with Crippen LogP contribution in [-0.4, -0.2) is 0 Å². The zero-order chi connectivity index (χ0) is 10.0. The van der Waals surface area contributed by atoms with E-state index in [0.29, 0.717) is 15.1 Å². The maximum atomic E-state index is 5.97. The fraction of sp³-hybridized carbons (Fsp3) is 0.100. The molecular formula is C10H8Cl3. The van der Waals surface area contributed by atoms with Crippen molar-refractivity contribution >= 4 is 34.8 Å². The van der Waals surface area contributed by atoms with Gasteiger partial charge in [-0.05, 0) is 24.6 Å². The van der Waals surface area contributed by atoms with Gasteiger partial charge in [-0.25, -0.2) is 0 Å². The van der Waals surface area contributed by atoms with Crippen molar-refractivity contribution in [1.82, 2.24) is 0 Å². The molecule has 0 aliphatic carbocycles. The van der Waals surface area contributed by atoms with Crippen molar-refractivity contribution in [1.29, 1.82) is 0 Å². The Bertz CT molecular complexity index is 331. The summed E-state index contributed by atoms with van der Waals surface area (Å²) in [6, 6.07) is 3.36. The van der Waals surface area contributed by atoms with E-state index in [2.05, 4.69) is 13.5 Å². The van der Waals surface area contributed by atoms with E-state index >= 15 is 0 Å². The van der Waals surface area contributed by atoms with Crippen LogP contribution < -0.4 is 0 Å². The molecular weight excluding hydrogens is 226 g/mol. The van der Waals surface area contributed by atoms with Crippen molar-refractivity contribution < 1.29 is 0 Å². The maximum Gasteiger partial charge on any atom is 0.0645 e. The van der Waals surface area contributed by atoms with E-state index < -0.39 is 0 Å². The molecule has 0 aromatic heterocycles. The molecule has 0 nitrogen and oxygen atoms in total. The van der Waals surface area contributed by atoms with Crippen molar-refractivity contribution in [2.24, 2.45) is 0 Å². The fourth-order valence-corrected chi connectivity index (χ4v) is 1.82. The summed E-state index contributed by atoms with van der Waals surface area (Å²) in [6.07, 6.45) is 1.67. The summed E-state index contributed by atoms with van der Waals surface area (Å²) in [7, 11) is 0. The van der Waals surface area contributed by atoms with E-state index in [1.165, 1.54) is 0 Å². The number of benzene rings is 1. The minimum absolute atomic E-state index is 0.140. The quantitative estimate of drug-likeness (QED) is 0.512. The van der Waals surface area contributed by atoms with E-state index in [9.17, 15) is 0 Å². The molecule has 0 aliphatic heterocycles. The van der Waals surface area contributed by atoms with Crippen LogP contribution in [0.2, 0.25) is 15.1 Å². The third-order valence-electron chi connectivity index (χ3n) is 1.73. The van der Waals surface area contributed by atoms with Gasteiger partial charge in [-0.15, -0.1) is 6.58 Å². The van der Waals surface area contributed by atoms with E-state index in [4.69, 9.17) is 34.8 Å². The lowest BCUT2D eigenvalue weighted by molar-refractivity contribution is 1.09. The minimum Gasteiger partial charge on any atom is -0.102 e. The van der Waals surface area contributed by atoms with Gasteiger partial charge in [0.2, 0.25) is 0 Å². The first-order valence-electron chi connectivity index (χ1n) is 3.67. The molecule has 1 unspecified atom stereocenters. The molecule has 0 heterocycles. The molecule has 1 aromatic carbocycles. The Labute approximate surface area is 93.1 Å². The second-order valence-corrected chi connectivity index (χ2v) is 3.79. The third-order valence-corrected chi connectivity index (χ3v) is 2.88. The molecule has 1 rings (SSSR count). The summed E-state index contributed by atoms with van der Waals surface area (Å²) in [4.78, 5) is 0. The SMILES string of the molecule is [CH2]C(C=C)c1c(Cl)ccc(Cl)c1Cl. The number of halogens is 3. The lowest BCUT2D eigenvalue weighted by atomic mass is 10.0. The number of rotatable bonds is 2. The van der Waals surface area contributed by atoms with Crippen LogP contribution in [0.25, 0.3) is 0 Å². The van der Waals surface area contributed by atoms with Gasteiger partial charge in [-0.3, -0.25) is 0 Å². The topological polar surface area (TPSA) is 0 Å². The molecule has 0 saturated heterocycles. The number of hydrogen-bond acceptors (Lipinski definition) is 0. The molecule has 3 heteroatoms. The van der Waals surface area contributed by atoms with Crippen molar-refractivity contribution in [2.75, 3.05) is 0 Å². The zero-order valence-electron chi connectivity index (χ0n) is 6.86. The molecule has 0 spiro atoms. The predicted molar refractivity (Wildman–Crippen MR) is 59.8 cm³/mol. The molecule has 0 aliphatic rings. The van der Waals surface area contributed by atoms with Crippen molar-refractivity contribution in [3.05, 3.63) is 52.3 Å². The molecule has 0 N–H and O–H groups in total. The standard InChI is InChI=1S/C10H8Cl3/c1-3-6(2)9-7(11)4-5-8(12)10(9)13/h3-6H,1-2H2. The van der Waals surface area contributed by atoms with Gasteiger partial charge in [0.25, 0.3) is 0 Å². The molecule has 13 heavy (non-hydrogen) atoms. The van der Waals surface area contributed by atoms with Crippen LogP contribution in [0, 0.1) is 6.92 Å². The van der Waals surface area contributed by atoms with Gasteiger partial charge in [-0.2, -0.15) is 0 Å². The van der Waals surface area contributed by atoms with Crippen LogP contribution in [-0.2, 0) is 0 Å². The lowest BCUT2D eigenvalue weighted by Crippen LogP contribution is -1.92. The fourth-order valence-electron chi connectivity index (χ4n) is 1.00. The highest BCUT2D eigenvalue weighted by Gasteiger charge is 2.13. The van der Waals surface area contributed by atoms with Crippen molar-refractivity contribution in [3.63, 3.8) is 0 Å².